The van der Waals surface area contributed by atoms with Gasteiger partial charge < -0.3 is 5.73 Å². The highest BCUT2D eigenvalue weighted by molar-refractivity contribution is 6.08. The van der Waals surface area contributed by atoms with Crippen LogP contribution in [-0.2, 0) is 6.54 Å². The van der Waals surface area contributed by atoms with Gasteiger partial charge >= 0.3 is 0 Å². The maximum absolute atomic E-state index is 13.0. The van der Waals surface area contributed by atoms with Gasteiger partial charge in [0.15, 0.2) is 0 Å². The van der Waals surface area contributed by atoms with E-state index in [-0.39, 0.29) is 13.1 Å². The molecule has 1 saturated heterocycles. The zero-order chi connectivity index (χ0) is 18.6. The van der Waals surface area contributed by atoms with Gasteiger partial charge in [0.1, 0.15) is 5.82 Å². The quantitative estimate of drug-likeness (QED) is 0.577. The van der Waals surface area contributed by atoms with Gasteiger partial charge in [-0.1, -0.05) is 6.07 Å². The van der Waals surface area contributed by atoms with Gasteiger partial charge in [0.2, 0.25) is 0 Å². The van der Waals surface area contributed by atoms with Crippen molar-refractivity contribution in [2.24, 2.45) is 0 Å². The lowest BCUT2D eigenvalue weighted by atomic mass is 10.1. The van der Waals surface area contributed by atoms with Gasteiger partial charge in [0, 0.05) is 23.7 Å². The molecule has 1 aliphatic heterocycles. The Morgan fingerprint density at radius 2 is 2.00 bits per heavy atom. The minimum Gasteiger partial charge on any atom is -0.383 e. The molecule has 0 amide bonds. The van der Waals surface area contributed by atoms with Crippen LogP contribution in [0, 0.1) is 0 Å². The van der Waals surface area contributed by atoms with Crippen molar-refractivity contribution in [1.29, 1.82) is 0 Å². The lowest BCUT2D eigenvalue weighted by Crippen LogP contribution is -2.56. The summed E-state index contributed by atoms with van der Waals surface area (Å²) in [4.78, 5) is 6.22. The van der Waals surface area contributed by atoms with E-state index < -0.39 is 5.92 Å². The Kier molecular flexibility index (Phi) is 3.41. The maximum atomic E-state index is 13.0. The molecule has 9 heteroatoms. The minimum absolute atomic E-state index is 0.191. The third-order valence-corrected chi connectivity index (χ3v) is 4.94. The summed E-state index contributed by atoms with van der Waals surface area (Å²) in [6.45, 7) is 0.647. The Morgan fingerprint density at radius 3 is 2.74 bits per heavy atom. The molecule has 138 valence electrons. The first kappa shape index (κ1) is 16.1. The summed E-state index contributed by atoms with van der Waals surface area (Å²) in [5.74, 6) is -2.16. The van der Waals surface area contributed by atoms with Crippen LogP contribution in [0.15, 0.2) is 36.7 Å². The first-order chi connectivity index (χ1) is 13.0. The van der Waals surface area contributed by atoms with Crippen molar-refractivity contribution in [2.45, 2.75) is 12.5 Å². The third kappa shape index (κ3) is 2.71. The van der Waals surface area contributed by atoms with E-state index in [1.165, 1.54) is 0 Å². The van der Waals surface area contributed by atoms with E-state index in [4.69, 9.17) is 5.73 Å². The molecule has 5 rings (SSSR count). The molecule has 7 nitrogen and oxygen atoms in total. The van der Waals surface area contributed by atoms with Crippen LogP contribution in [0.5, 0.6) is 0 Å². The molecule has 0 aliphatic carbocycles. The van der Waals surface area contributed by atoms with Gasteiger partial charge in [0.25, 0.3) is 5.92 Å². The van der Waals surface area contributed by atoms with E-state index >= 15 is 0 Å². The standard InChI is InChI=1S/C18H17F2N7/c19-18(20)9-26(10-18)5-6-27-16-12-2-1-11(14-3-4-22-25-14)7-15(12)24-17(21)13(16)8-23-27/h1-4,7-8H,5-6,9-10H2,(H2,21,24)(H,22,25). The number of nitrogens with zero attached hydrogens (tertiary/aromatic N) is 5. The summed E-state index contributed by atoms with van der Waals surface area (Å²) in [7, 11) is 0. The van der Waals surface area contributed by atoms with Crippen molar-refractivity contribution in [1.82, 2.24) is 29.9 Å². The second-order valence-electron chi connectivity index (χ2n) is 6.89. The van der Waals surface area contributed by atoms with Gasteiger partial charge in [-0.3, -0.25) is 14.7 Å². The van der Waals surface area contributed by atoms with Gasteiger partial charge in [-0.2, -0.15) is 10.2 Å². The number of alkyl halides is 2. The normalized spacial score (nSPS) is 16.8. The van der Waals surface area contributed by atoms with E-state index in [0.717, 1.165) is 33.1 Å². The van der Waals surface area contributed by atoms with E-state index in [2.05, 4.69) is 20.3 Å². The van der Waals surface area contributed by atoms with Gasteiger partial charge in [-0.25, -0.2) is 13.8 Å². The molecule has 0 radical (unpaired) electrons. The van der Waals surface area contributed by atoms with Gasteiger partial charge in [-0.05, 0) is 18.2 Å². The summed E-state index contributed by atoms with van der Waals surface area (Å²) in [6, 6.07) is 7.78. The van der Waals surface area contributed by atoms with E-state index in [1.54, 1.807) is 17.3 Å². The van der Waals surface area contributed by atoms with Crippen molar-refractivity contribution in [2.75, 3.05) is 25.4 Å². The lowest BCUT2D eigenvalue weighted by molar-refractivity contribution is -0.131. The fourth-order valence-corrected chi connectivity index (χ4v) is 3.62. The number of benzene rings is 1. The predicted octanol–water partition coefficient (Wildman–Crippen LogP) is 2.51. The number of rotatable bonds is 4. The fraction of sp³-hybridized carbons (Fsp3) is 0.278. The second-order valence-corrected chi connectivity index (χ2v) is 6.89. The van der Waals surface area contributed by atoms with E-state index in [9.17, 15) is 8.78 Å². The SMILES string of the molecule is Nc1nc2cc(-c3cc[nH]n3)ccc2c2c1cnn2CCN1CC(F)(F)C1. The zero-order valence-electron chi connectivity index (χ0n) is 14.4. The van der Waals surface area contributed by atoms with Crippen LogP contribution < -0.4 is 5.73 Å². The molecule has 3 aromatic heterocycles. The molecular formula is C18H17F2N7. The van der Waals surface area contributed by atoms with Crippen LogP contribution in [-0.4, -0.2) is 55.4 Å². The number of anilines is 1. The molecule has 4 aromatic rings. The Bertz CT molecular complexity index is 1130. The van der Waals surface area contributed by atoms with Crippen molar-refractivity contribution >= 4 is 27.6 Å². The van der Waals surface area contributed by atoms with Crippen LogP contribution in [0.2, 0.25) is 0 Å². The highest BCUT2D eigenvalue weighted by Crippen LogP contribution is 2.31. The number of nitrogen functional groups attached to an aromatic ring is 1. The second kappa shape index (κ2) is 5.71. The Labute approximate surface area is 152 Å². The molecule has 1 aromatic carbocycles. The molecule has 0 bridgehead atoms. The van der Waals surface area contributed by atoms with Crippen molar-refractivity contribution in [3.8, 4) is 11.3 Å². The van der Waals surface area contributed by atoms with Crippen molar-refractivity contribution in [3.63, 3.8) is 0 Å². The number of nitrogens with one attached hydrogen (secondary N) is 1. The van der Waals surface area contributed by atoms with Crippen molar-refractivity contribution < 1.29 is 8.78 Å². The number of aromatic nitrogens is 5. The smallest absolute Gasteiger partial charge is 0.272 e. The van der Waals surface area contributed by atoms with E-state index in [0.29, 0.717) is 18.9 Å². The molecule has 1 fully saturated rings. The summed E-state index contributed by atoms with van der Waals surface area (Å²) in [6.07, 6.45) is 3.45. The Morgan fingerprint density at radius 1 is 1.15 bits per heavy atom. The minimum atomic E-state index is -2.56. The highest BCUT2D eigenvalue weighted by Gasteiger charge is 2.43. The number of H-pyrrole nitrogens is 1. The largest absolute Gasteiger partial charge is 0.383 e. The van der Waals surface area contributed by atoms with Crippen LogP contribution in [0.1, 0.15) is 0 Å². The monoisotopic (exact) mass is 369 g/mol. The number of likely N-dealkylation sites (tertiary alicyclic amines) is 1. The van der Waals surface area contributed by atoms with Crippen LogP contribution >= 0.6 is 0 Å². The highest BCUT2D eigenvalue weighted by atomic mass is 19.3. The number of halogens is 2. The molecular weight excluding hydrogens is 352 g/mol. The topological polar surface area (TPSA) is 88.6 Å². The average molecular weight is 369 g/mol. The molecule has 0 saturated carbocycles. The van der Waals surface area contributed by atoms with Gasteiger partial charge in [0.05, 0.1) is 47.9 Å². The summed E-state index contributed by atoms with van der Waals surface area (Å²) >= 11 is 0. The molecule has 0 unspecified atom stereocenters. The first-order valence-corrected chi connectivity index (χ1v) is 8.65. The Balaban J connectivity index is 1.54. The molecule has 4 heterocycles. The number of nitrogens with two attached hydrogens (primary N) is 1. The summed E-state index contributed by atoms with van der Waals surface area (Å²) in [5, 5.41) is 13.1. The predicted molar refractivity (Wildman–Crippen MR) is 98.4 cm³/mol. The molecule has 3 N–H and O–H groups in total. The molecule has 0 spiro atoms. The van der Waals surface area contributed by atoms with Crippen molar-refractivity contribution in [3.05, 3.63) is 36.7 Å². The zero-order valence-corrected chi connectivity index (χ0v) is 14.4. The summed E-state index contributed by atoms with van der Waals surface area (Å²) < 4.78 is 27.9. The van der Waals surface area contributed by atoms with Crippen LogP contribution in [0.4, 0.5) is 14.6 Å². The maximum Gasteiger partial charge on any atom is 0.272 e. The van der Waals surface area contributed by atoms with E-state index in [1.807, 2.05) is 28.9 Å². The first-order valence-electron chi connectivity index (χ1n) is 8.65. The van der Waals surface area contributed by atoms with Gasteiger partial charge in [-0.15, -0.1) is 0 Å². The average Bonchev–Trinajstić information content (AvgIpc) is 3.28. The third-order valence-electron chi connectivity index (χ3n) is 4.94. The number of pyridine rings is 1. The fourth-order valence-electron chi connectivity index (χ4n) is 3.62. The summed E-state index contributed by atoms with van der Waals surface area (Å²) in [5.41, 5.74) is 9.52. The Hall–Kier alpha value is -3.07. The molecule has 0 atom stereocenters. The number of aromatic amines is 1. The molecule has 27 heavy (non-hydrogen) atoms. The van der Waals surface area contributed by atoms with Crippen LogP contribution in [0.3, 0.4) is 0 Å². The number of hydrogen-bond donors (Lipinski definition) is 2. The number of fused-ring (bicyclic) bond motifs is 3. The van der Waals surface area contributed by atoms with Crippen LogP contribution in [0.25, 0.3) is 33.1 Å². The number of hydrogen-bond acceptors (Lipinski definition) is 5. The lowest BCUT2D eigenvalue weighted by Gasteiger charge is -2.38. The molecule has 1 aliphatic rings.